The van der Waals surface area contributed by atoms with Gasteiger partial charge in [0.05, 0.1) is 18.7 Å². The first-order valence-corrected chi connectivity index (χ1v) is 6.17. The van der Waals surface area contributed by atoms with Crippen molar-refractivity contribution in [2.45, 2.75) is 20.3 Å². The molecule has 0 fully saturated rings. The summed E-state index contributed by atoms with van der Waals surface area (Å²) in [5.74, 6) is -0.524. The molecule has 0 saturated carbocycles. The minimum atomic E-state index is -0.960. The van der Waals surface area contributed by atoms with Crippen LogP contribution in [0.25, 0.3) is 0 Å². The molecule has 0 radical (unpaired) electrons. The van der Waals surface area contributed by atoms with Gasteiger partial charge in [0, 0.05) is 13.1 Å². The number of aromatic nitrogens is 1. The Bertz CT molecular complexity index is 423. The van der Waals surface area contributed by atoms with Crippen molar-refractivity contribution >= 4 is 22.4 Å². The van der Waals surface area contributed by atoms with Crippen molar-refractivity contribution in [3.8, 4) is 6.07 Å². The highest BCUT2D eigenvalue weighted by Crippen LogP contribution is 2.23. The second-order valence-electron chi connectivity index (χ2n) is 4.06. The standard InChI is InChI=1S/C11H15N3O2S/c1-8(2)7-14(5-3-4-12)11-13-6-9(17-11)10(15)16/h6,8H,3,5,7H2,1-2H3,(H,15,16). The zero-order valence-corrected chi connectivity index (χ0v) is 10.7. The van der Waals surface area contributed by atoms with Crippen LogP contribution in [0.2, 0.25) is 0 Å². The van der Waals surface area contributed by atoms with E-state index in [1.807, 2.05) is 4.90 Å². The quantitative estimate of drug-likeness (QED) is 0.841. The fourth-order valence-corrected chi connectivity index (χ4v) is 2.19. The van der Waals surface area contributed by atoms with E-state index in [2.05, 4.69) is 24.9 Å². The number of nitrogens with zero attached hydrogens (tertiary/aromatic N) is 3. The maximum Gasteiger partial charge on any atom is 0.347 e. The fraction of sp³-hybridized carbons (Fsp3) is 0.545. The van der Waals surface area contributed by atoms with Gasteiger partial charge in [0.2, 0.25) is 0 Å². The monoisotopic (exact) mass is 253 g/mol. The maximum atomic E-state index is 10.8. The minimum Gasteiger partial charge on any atom is -0.477 e. The summed E-state index contributed by atoms with van der Waals surface area (Å²) >= 11 is 1.15. The molecule has 0 spiro atoms. The van der Waals surface area contributed by atoms with E-state index in [0.717, 1.165) is 17.9 Å². The lowest BCUT2D eigenvalue weighted by Gasteiger charge is -2.22. The molecule has 0 aliphatic rings. The number of hydrogen-bond donors (Lipinski definition) is 1. The zero-order chi connectivity index (χ0) is 12.8. The highest BCUT2D eigenvalue weighted by Gasteiger charge is 2.15. The number of carbonyl (C=O) groups is 1. The van der Waals surface area contributed by atoms with Crippen LogP contribution in [0.5, 0.6) is 0 Å². The fourth-order valence-electron chi connectivity index (χ4n) is 1.40. The van der Waals surface area contributed by atoms with Gasteiger partial charge < -0.3 is 10.0 Å². The van der Waals surface area contributed by atoms with E-state index in [1.165, 1.54) is 6.20 Å². The van der Waals surface area contributed by atoms with E-state index < -0.39 is 5.97 Å². The molecule has 17 heavy (non-hydrogen) atoms. The number of thiazole rings is 1. The SMILES string of the molecule is CC(C)CN(CCC#N)c1ncc(C(=O)O)s1. The van der Waals surface area contributed by atoms with Crippen LogP contribution in [-0.4, -0.2) is 29.1 Å². The molecule has 5 nitrogen and oxygen atoms in total. The molecule has 0 atom stereocenters. The second-order valence-corrected chi connectivity index (χ2v) is 5.07. The molecule has 0 aliphatic heterocycles. The smallest absolute Gasteiger partial charge is 0.347 e. The molecule has 1 N–H and O–H groups in total. The molecule has 0 saturated heterocycles. The average Bonchev–Trinajstić information content (AvgIpc) is 2.72. The van der Waals surface area contributed by atoms with Gasteiger partial charge in [0.1, 0.15) is 4.88 Å². The van der Waals surface area contributed by atoms with E-state index in [4.69, 9.17) is 10.4 Å². The molecule has 92 valence electrons. The van der Waals surface area contributed by atoms with E-state index >= 15 is 0 Å². The van der Waals surface area contributed by atoms with E-state index in [0.29, 0.717) is 24.0 Å². The van der Waals surface area contributed by atoms with Gasteiger partial charge in [-0.2, -0.15) is 5.26 Å². The van der Waals surface area contributed by atoms with Gasteiger partial charge in [-0.1, -0.05) is 25.2 Å². The molecular formula is C11H15N3O2S. The summed E-state index contributed by atoms with van der Waals surface area (Å²) in [6, 6.07) is 2.09. The topological polar surface area (TPSA) is 77.2 Å². The van der Waals surface area contributed by atoms with Crippen molar-refractivity contribution in [2.75, 3.05) is 18.0 Å². The van der Waals surface area contributed by atoms with Crippen LogP contribution >= 0.6 is 11.3 Å². The van der Waals surface area contributed by atoms with E-state index in [-0.39, 0.29) is 4.88 Å². The number of hydrogen-bond acceptors (Lipinski definition) is 5. The van der Waals surface area contributed by atoms with Gasteiger partial charge >= 0.3 is 5.97 Å². The minimum absolute atomic E-state index is 0.228. The summed E-state index contributed by atoms with van der Waals surface area (Å²) in [6.07, 6.45) is 1.77. The number of anilines is 1. The third kappa shape index (κ3) is 4.04. The van der Waals surface area contributed by atoms with Crippen molar-refractivity contribution in [2.24, 2.45) is 5.92 Å². The summed E-state index contributed by atoms with van der Waals surface area (Å²) in [5.41, 5.74) is 0. The Morgan fingerprint density at radius 2 is 2.41 bits per heavy atom. The predicted molar refractivity (Wildman–Crippen MR) is 66.4 cm³/mol. The van der Waals surface area contributed by atoms with Crippen LogP contribution in [0.3, 0.4) is 0 Å². The lowest BCUT2D eigenvalue weighted by Crippen LogP contribution is -2.28. The first-order chi connectivity index (χ1) is 8.04. The molecule has 1 aromatic rings. The van der Waals surface area contributed by atoms with Crippen molar-refractivity contribution < 1.29 is 9.90 Å². The predicted octanol–water partition coefficient (Wildman–Crippen LogP) is 2.22. The van der Waals surface area contributed by atoms with Gasteiger partial charge in [-0.25, -0.2) is 9.78 Å². The normalized spacial score (nSPS) is 10.2. The van der Waals surface area contributed by atoms with Gasteiger partial charge in [-0.15, -0.1) is 0 Å². The lowest BCUT2D eigenvalue weighted by atomic mass is 10.2. The average molecular weight is 253 g/mol. The summed E-state index contributed by atoms with van der Waals surface area (Å²) in [7, 11) is 0. The molecule has 1 heterocycles. The second kappa shape index (κ2) is 6.21. The van der Waals surface area contributed by atoms with E-state index in [9.17, 15) is 4.79 Å². The van der Waals surface area contributed by atoms with Crippen molar-refractivity contribution in [3.05, 3.63) is 11.1 Å². The molecule has 0 aliphatic carbocycles. The van der Waals surface area contributed by atoms with Gasteiger partial charge in [-0.05, 0) is 5.92 Å². The molecular weight excluding hydrogens is 238 g/mol. The highest BCUT2D eigenvalue weighted by molar-refractivity contribution is 7.17. The molecule has 1 rings (SSSR count). The highest BCUT2D eigenvalue weighted by atomic mass is 32.1. The molecule has 1 aromatic heterocycles. The lowest BCUT2D eigenvalue weighted by molar-refractivity contribution is 0.0702. The summed E-state index contributed by atoms with van der Waals surface area (Å²) in [4.78, 5) is 17.1. The number of carboxylic acids is 1. The van der Waals surface area contributed by atoms with Crippen LogP contribution in [0.4, 0.5) is 5.13 Å². The molecule has 0 amide bonds. The Kier molecular flexibility index (Phi) is 4.91. The molecule has 0 aromatic carbocycles. The third-order valence-corrected chi connectivity index (χ3v) is 3.10. The maximum absolute atomic E-state index is 10.8. The Balaban J connectivity index is 2.80. The molecule has 0 bridgehead atoms. The summed E-state index contributed by atoms with van der Waals surface area (Å²) < 4.78 is 0. The largest absolute Gasteiger partial charge is 0.477 e. The van der Waals surface area contributed by atoms with Crippen LogP contribution in [0.15, 0.2) is 6.20 Å². The number of rotatable bonds is 6. The van der Waals surface area contributed by atoms with Crippen LogP contribution in [-0.2, 0) is 0 Å². The summed E-state index contributed by atoms with van der Waals surface area (Å²) in [5, 5.41) is 18.1. The van der Waals surface area contributed by atoms with Crippen LogP contribution in [0.1, 0.15) is 29.9 Å². The Labute approximate surface area is 104 Å². The van der Waals surface area contributed by atoms with Crippen LogP contribution in [0, 0.1) is 17.2 Å². The van der Waals surface area contributed by atoms with Gasteiger partial charge in [0.25, 0.3) is 0 Å². The van der Waals surface area contributed by atoms with Crippen molar-refractivity contribution in [3.63, 3.8) is 0 Å². The Hall–Kier alpha value is -1.61. The molecule has 6 heteroatoms. The first kappa shape index (κ1) is 13.5. The van der Waals surface area contributed by atoms with Gasteiger partial charge in [0.15, 0.2) is 5.13 Å². The molecule has 0 unspecified atom stereocenters. The van der Waals surface area contributed by atoms with Crippen LogP contribution < -0.4 is 4.90 Å². The Morgan fingerprint density at radius 3 is 2.88 bits per heavy atom. The number of carboxylic acid groups (broad SMARTS) is 1. The Morgan fingerprint density at radius 1 is 1.71 bits per heavy atom. The first-order valence-electron chi connectivity index (χ1n) is 5.35. The van der Waals surface area contributed by atoms with Crippen molar-refractivity contribution in [1.82, 2.24) is 4.98 Å². The van der Waals surface area contributed by atoms with Crippen molar-refractivity contribution in [1.29, 1.82) is 5.26 Å². The number of aromatic carboxylic acids is 1. The summed E-state index contributed by atoms with van der Waals surface area (Å²) in [6.45, 7) is 5.51. The van der Waals surface area contributed by atoms with E-state index in [1.54, 1.807) is 0 Å². The van der Waals surface area contributed by atoms with Gasteiger partial charge in [-0.3, -0.25) is 0 Å². The zero-order valence-electron chi connectivity index (χ0n) is 9.88. The number of nitriles is 1. The third-order valence-electron chi connectivity index (χ3n) is 2.05.